The van der Waals surface area contributed by atoms with Crippen molar-refractivity contribution in [3.05, 3.63) is 11.8 Å². The van der Waals surface area contributed by atoms with Crippen LogP contribution in [0.3, 0.4) is 0 Å². The van der Waals surface area contributed by atoms with Crippen LogP contribution in [0.1, 0.15) is 32.4 Å². The molecule has 1 aromatic heterocycles. The van der Waals surface area contributed by atoms with Crippen molar-refractivity contribution in [2.75, 3.05) is 43.1 Å². The van der Waals surface area contributed by atoms with E-state index in [1.165, 1.54) is 0 Å². The minimum atomic E-state index is 0.763. The summed E-state index contributed by atoms with van der Waals surface area (Å²) < 4.78 is 5.38. The van der Waals surface area contributed by atoms with E-state index in [4.69, 9.17) is 4.74 Å². The molecule has 0 aromatic carbocycles. The Kier molecular flexibility index (Phi) is 5.39. The molecule has 1 aromatic rings. The molecule has 1 saturated heterocycles. The highest BCUT2D eigenvalue weighted by molar-refractivity contribution is 5.44. The van der Waals surface area contributed by atoms with Crippen molar-refractivity contribution in [2.45, 2.75) is 33.1 Å². The fourth-order valence-electron chi connectivity index (χ4n) is 2.12. The average molecular weight is 264 g/mol. The molecule has 2 heterocycles. The molecule has 0 amide bonds. The first-order valence-electron chi connectivity index (χ1n) is 7.28. The lowest BCUT2D eigenvalue weighted by Crippen LogP contribution is -2.37. The van der Waals surface area contributed by atoms with Gasteiger partial charge < -0.3 is 15.0 Å². The Balaban J connectivity index is 2.17. The van der Waals surface area contributed by atoms with Gasteiger partial charge in [0.1, 0.15) is 5.82 Å². The maximum Gasteiger partial charge on any atom is 0.227 e. The van der Waals surface area contributed by atoms with E-state index in [1.54, 1.807) is 0 Å². The third-order valence-electron chi connectivity index (χ3n) is 3.12. The third kappa shape index (κ3) is 4.06. The Bertz CT molecular complexity index is 391. The Hall–Kier alpha value is -1.36. The highest BCUT2D eigenvalue weighted by atomic mass is 16.5. The Morgan fingerprint density at radius 2 is 2.00 bits per heavy atom. The second-order valence-corrected chi connectivity index (χ2v) is 4.82. The smallest absolute Gasteiger partial charge is 0.227 e. The van der Waals surface area contributed by atoms with Gasteiger partial charge in [-0.3, -0.25) is 0 Å². The van der Waals surface area contributed by atoms with Crippen molar-refractivity contribution in [1.82, 2.24) is 9.97 Å². The van der Waals surface area contributed by atoms with E-state index in [9.17, 15) is 0 Å². The van der Waals surface area contributed by atoms with Gasteiger partial charge in [0.25, 0.3) is 0 Å². The maximum atomic E-state index is 5.38. The number of rotatable bonds is 6. The largest absolute Gasteiger partial charge is 0.378 e. The number of nitrogens with one attached hydrogen (secondary N) is 1. The number of aryl methyl sites for hydroxylation is 1. The van der Waals surface area contributed by atoms with Crippen molar-refractivity contribution in [3.8, 4) is 0 Å². The second-order valence-electron chi connectivity index (χ2n) is 4.82. The molecule has 19 heavy (non-hydrogen) atoms. The van der Waals surface area contributed by atoms with Crippen LogP contribution in [-0.4, -0.2) is 42.8 Å². The van der Waals surface area contributed by atoms with Crippen LogP contribution in [0.2, 0.25) is 0 Å². The van der Waals surface area contributed by atoms with Crippen LogP contribution in [0.4, 0.5) is 11.8 Å². The molecule has 106 valence electrons. The molecule has 0 unspecified atom stereocenters. The zero-order valence-corrected chi connectivity index (χ0v) is 12.0. The molecule has 0 bridgehead atoms. The first-order valence-corrected chi connectivity index (χ1v) is 7.28. The average Bonchev–Trinajstić information content (AvgIpc) is 2.46. The van der Waals surface area contributed by atoms with Crippen LogP contribution in [0.5, 0.6) is 0 Å². The standard InChI is InChI=1S/C14H24N4O/c1-3-5-12-11-13(15-6-4-2)17-14(16-12)18-7-9-19-10-8-18/h11H,3-10H2,1-2H3,(H,15,16,17). The normalized spacial score (nSPS) is 15.6. The molecular weight excluding hydrogens is 240 g/mol. The third-order valence-corrected chi connectivity index (χ3v) is 3.12. The Morgan fingerprint density at radius 3 is 2.68 bits per heavy atom. The van der Waals surface area contributed by atoms with Crippen molar-refractivity contribution in [2.24, 2.45) is 0 Å². The molecule has 5 heteroatoms. The summed E-state index contributed by atoms with van der Waals surface area (Å²) in [6.07, 6.45) is 3.20. The van der Waals surface area contributed by atoms with Crippen LogP contribution in [0.25, 0.3) is 0 Å². The van der Waals surface area contributed by atoms with Gasteiger partial charge in [0.15, 0.2) is 0 Å². The van der Waals surface area contributed by atoms with E-state index in [2.05, 4.69) is 40.1 Å². The van der Waals surface area contributed by atoms with Gasteiger partial charge in [-0.25, -0.2) is 4.98 Å². The summed E-state index contributed by atoms with van der Waals surface area (Å²) in [5, 5.41) is 3.36. The number of ether oxygens (including phenoxy) is 1. The van der Waals surface area contributed by atoms with Crippen LogP contribution < -0.4 is 10.2 Å². The summed E-state index contributed by atoms with van der Waals surface area (Å²) in [7, 11) is 0. The van der Waals surface area contributed by atoms with Gasteiger partial charge in [0.05, 0.1) is 13.2 Å². The molecule has 0 radical (unpaired) electrons. The first kappa shape index (κ1) is 14.1. The molecule has 2 rings (SSSR count). The van der Waals surface area contributed by atoms with Gasteiger partial charge >= 0.3 is 0 Å². The molecule has 0 spiro atoms. The van der Waals surface area contributed by atoms with Gasteiger partial charge in [0, 0.05) is 31.4 Å². The molecule has 0 aliphatic carbocycles. The zero-order valence-electron chi connectivity index (χ0n) is 12.0. The number of nitrogens with zero attached hydrogens (tertiary/aromatic N) is 3. The minimum Gasteiger partial charge on any atom is -0.378 e. The van der Waals surface area contributed by atoms with E-state index in [-0.39, 0.29) is 0 Å². The molecule has 5 nitrogen and oxygen atoms in total. The predicted molar refractivity (Wildman–Crippen MR) is 77.8 cm³/mol. The van der Waals surface area contributed by atoms with Crippen molar-refractivity contribution < 1.29 is 4.74 Å². The monoisotopic (exact) mass is 264 g/mol. The molecular formula is C14H24N4O. The van der Waals surface area contributed by atoms with Crippen molar-refractivity contribution in [1.29, 1.82) is 0 Å². The molecule has 1 fully saturated rings. The topological polar surface area (TPSA) is 50.3 Å². The number of hydrogen-bond acceptors (Lipinski definition) is 5. The lowest BCUT2D eigenvalue weighted by Gasteiger charge is -2.27. The van der Waals surface area contributed by atoms with Gasteiger partial charge in [0.2, 0.25) is 5.95 Å². The second kappa shape index (κ2) is 7.28. The minimum absolute atomic E-state index is 0.763. The highest BCUT2D eigenvalue weighted by Crippen LogP contribution is 2.16. The van der Waals surface area contributed by atoms with E-state index < -0.39 is 0 Å². The van der Waals surface area contributed by atoms with E-state index in [1.807, 2.05) is 0 Å². The Morgan fingerprint density at radius 1 is 1.21 bits per heavy atom. The summed E-state index contributed by atoms with van der Waals surface area (Å²) in [4.78, 5) is 11.5. The molecule has 0 saturated carbocycles. The summed E-state index contributed by atoms with van der Waals surface area (Å²) in [6, 6.07) is 2.07. The number of aromatic nitrogens is 2. The number of morpholine rings is 1. The predicted octanol–water partition coefficient (Wildman–Crippen LogP) is 2.09. The number of hydrogen-bond donors (Lipinski definition) is 1. The van der Waals surface area contributed by atoms with Crippen LogP contribution in [0, 0.1) is 0 Å². The Labute approximate surface area is 115 Å². The van der Waals surface area contributed by atoms with Crippen LogP contribution >= 0.6 is 0 Å². The zero-order chi connectivity index (χ0) is 13.5. The fraction of sp³-hybridized carbons (Fsp3) is 0.714. The molecule has 1 aliphatic rings. The lowest BCUT2D eigenvalue weighted by atomic mass is 10.2. The number of anilines is 2. The molecule has 1 aliphatic heterocycles. The van der Waals surface area contributed by atoms with E-state index >= 15 is 0 Å². The first-order chi connectivity index (χ1) is 9.33. The van der Waals surface area contributed by atoms with Gasteiger partial charge in [-0.1, -0.05) is 20.3 Å². The lowest BCUT2D eigenvalue weighted by molar-refractivity contribution is 0.122. The summed E-state index contributed by atoms with van der Waals surface area (Å²) >= 11 is 0. The van der Waals surface area contributed by atoms with E-state index in [0.717, 1.165) is 69.6 Å². The summed E-state index contributed by atoms with van der Waals surface area (Å²) in [5.41, 5.74) is 1.12. The van der Waals surface area contributed by atoms with Crippen molar-refractivity contribution >= 4 is 11.8 Å². The maximum absolute atomic E-state index is 5.38. The molecule has 0 atom stereocenters. The quantitative estimate of drug-likeness (QED) is 0.852. The van der Waals surface area contributed by atoms with Crippen molar-refractivity contribution in [3.63, 3.8) is 0 Å². The van der Waals surface area contributed by atoms with Crippen LogP contribution in [0.15, 0.2) is 6.07 Å². The van der Waals surface area contributed by atoms with Gasteiger partial charge in [-0.15, -0.1) is 0 Å². The SMILES string of the molecule is CCCNc1cc(CCC)nc(N2CCOCC2)n1. The van der Waals surface area contributed by atoms with Gasteiger partial charge in [-0.2, -0.15) is 4.98 Å². The highest BCUT2D eigenvalue weighted by Gasteiger charge is 2.15. The van der Waals surface area contributed by atoms with Crippen LogP contribution in [-0.2, 0) is 11.2 Å². The van der Waals surface area contributed by atoms with E-state index in [0.29, 0.717) is 0 Å². The summed E-state index contributed by atoms with van der Waals surface area (Å²) in [5.74, 6) is 1.79. The molecule has 1 N–H and O–H groups in total. The fourth-order valence-corrected chi connectivity index (χ4v) is 2.12. The summed E-state index contributed by atoms with van der Waals surface area (Å²) in [6.45, 7) is 8.56. The van der Waals surface area contributed by atoms with Gasteiger partial charge in [-0.05, 0) is 12.8 Å².